The molecule has 3 aromatic rings. The molecule has 3 N–H and O–H groups in total. The molecule has 2 amide bonds. The summed E-state index contributed by atoms with van der Waals surface area (Å²) in [6.45, 7) is 1.93. The lowest BCUT2D eigenvalue weighted by Crippen LogP contribution is -2.31. The number of hydrogen-bond donors (Lipinski definition) is 3. The molecule has 0 fully saturated rings. The van der Waals surface area contributed by atoms with E-state index >= 15 is 0 Å². The zero-order valence-corrected chi connectivity index (χ0v) is 12.7. The average Bonchev–Trinajstić information content (AvgIpc) is 2.55. The second kappa shape index (κ2) is 6.36. The third-order valence-electron chi connectivity index (χ3n) is 3.68. The number of benzene rings is 2. The zero-order valence-electron chi connectivity index (χ0n) is 12.7. The number of carbonyl (C=O) groups excluding carboxylic acids is 1. The van der Waals surface area contributed by atoms with Gasteiger partial charge in [-0.1, -0.05) is 30.3 Å². The number of hydrogen-bond acceptors (Lipinski definition) is 2. The maximum absolute atomic E-state index is 12.1. The lowest BCUT2D eigenvalue weighted by atomic mass is 10.1. The highest BCUT2D eigenvalue weighted by molar-refractivity contribution is 5.93. The molecule has 0 aliphatic heterocycles. The number of aromatic amines is 1. The fraction of sp³-hybridized carbons (Fsp3) is 0.111. The number of fused-ring (bicyclic) bond motifs is 1. The van der Waals surface area contributed by atoms with Gasteiger partial charge < -0.3 is 15.6 Å². The van der Waals surface area contributed by atoms with Crippen LogP contribution in [0.2, 0.25) is 0 Å². The molecule has 2 aromatic carbocycles. The van der Waals surface area contributed by atoms with Gasteiger partial charge in [-0.25, -0.2) is 4.79 Å². The molecule has 1 aromatic heterocycles. The number of aromatic nitrogens is 1. The maximum atomic E-state index is 12.1. The quantitative estimate of drug-likeness (QED) is 0.693. The van der Waals surface area contributed by atoms with E-state index in [4.69, 9.17) is 0 Å². The number of urea groups is 1. The summed E-state index contributed by atoms with van der Waals surface area (Å²) >= 11 is 0. The minimum absolute atomic E-state index is 0.0977. The van der Waals surface area contributed by atoms with E-state index in [-0.39, 0.29) is 17.6 Å². The predicted molar refractivity (Wildman–Crippen MR) is 91.6 cm³/mol. The number of amides is 2. The van der Waals surface area contributed by atoms with Crippen LogP contribution in [0.3, 0.4) is 0 Å². The van der Waals surface area contributed by atoms with E-state index in [9.17, 15) is 9.59 Å². The Labute approximate surface area is 133 Å². The second-order valence-electron chi connectivity index (χ2n) is 5.34. The van der Waals surface area contributed by atoms with Crippen molar-refractivity contribution in [1.29, 1.82) is 0 Å². The Kier molecular flexibility index (Phi) is 4.10. The lowest BCUT2D eigenvalue weighted by Gasteiger charge is -2.15. The van der Waals surface area contributed by atoms with Gasteiger partial charge in [-0.05, 0) is 42.1 Å². The third kappa shape index (κ3) is 3.40. The third-order valence-corrected chi connectivity index (χ3v) is 3.68. The second-order valence-corrected chi connectivity index (χ2v) is 5.34. The Morgan fingerprint density at radius 3 is 2.65 bits per heavy atom. The molecular formula is C18H17N3O2. The molecule has 0 saturated heterocycles. The highest BCUT2D eigenvalue weighted by atomic mass is 16.2. The fourth-order valence-corrected chi connectivity index (χ4v) is 2.46. The van der Waals surface area contributed by atoms with Gasteiger partial charge in [0.2, 0.25) is 0 Å². The van der Waals surface area contributed by atoms with E-state index in [1.54, 1.807) is 30.5 Å². The van der Waals surface area contributed by atoms with Gasteiger partial charge in [0, 0.05) is 17.3 Å². The summed E-state index contributed by atoms with van der Waals surface area (Å²) in [6, 6.07) is 16.3. The average molecular weight is 307 g/mol. The van der Waals surface area contributed by atoms with Crippen LogP contribution in [-0.2, 0) is 0 Å². The number of anilines is 1. The Morgan fingerprint density at radius 1 is 1.09 bits per heavy atom. The number of nitrogens with one attached hydrogen (secondary N) is 3. The van der Waals surface area contributed by atoms with Crippen molar-refractivity contribution in [3.8, 4) is 0 Å². The van der Waals surface area contributed by atoms with Gasteiger partial charge in [0.15, 0.2) is 0 Å². The van der Waals surface area contributed by atoms with Crippen LogP contribution >= 0.6 is 0 Å². The van der Waals surface area contributed by atoms with Crippen molar-refractivity contribution in [3.05, 3.63) is 76.7 Å². The van der Waals surface area contributed by atoms with Crippen molar-refractivity contribution in [2.45, 2.75) is 13.0 Å². The molecule has 23 heavy (non-hydrogen) atoms. The maximum Gasteiger partial charge on any atom is 0.319 e. The van der Waals surface area contributed by atoms with Gasteiger partial charge in [-0.3, -0.25) is 4.79 Å². The van der Waals surface area contributed by atoms with Crippen LogP contribution in [0.25, 0.3) is 10.8 Å². The fourth-order valence-electron chi connectivity index (χ4n) is 2.46. The van der Waals surface area contributed by atoms with E-state index in [0.29, 0.717) is 11.1 Å². The molecule has 1 heterocycles. The molecule has 0 bridgehead atoms. The Bertz CT molecular complexity index is 887. The monoisotopic (exact) mass is 307 g/mol. The first-order valence-corrected chi connectivity index (χ1v) is 7.37. The van der Waals surface area contributed by atoms with Gasteiger partial charge >= 0.3 is 6.03 Å². The van der Waals surface area contributed by atoms with E-state index in [2.05, 4.69) is 15.6 Å². The summed E-state index contributed by atoms with van der Waals surface area (Å²) in [6.07, 6.45) is 1.59. The Balaban J connectivity index is 1.72. The number of rotatable bonds is 3. The van der Waals surface area contributed by atoms with Crippen molar-refractivity contribution < 1.29 is 4.79 Å². The van der Waals surface area contributed by atoms with E-state index in [1.165, 1.54) is 0 Å². The molecule has 0 aliphatic carbocycles. The molecule has 0 saturated carbocycles. The van der Waals surface area contributed by atoms with Crippen molar-refractivity contribution >= 4 is 22.5 Å². The summed E-state index contributed by atoms with van der Waals surface area (Å²) in [5, 5.41) is 7.05. The molecule has 3 rings (SSSR count). The molecule has 0 radical (unpaired) electrons. The first kappa shape index (κ1) is 14.8. The van der Waals surface area contributed by atoms with Crippen molar-refractivity contribution in [3.63, 3.8) is 0 Å². The summed E-state index contributed by atoms with van der Waals surface area (Å²) in [4.78, 5) is 26.4. The van der Waals surface area contributed by atoms with Crippen LogP contribution in [0.5, 0.6) is 0 Å². The Morgan fingerprint density at radius 2 is 1.87 bits per heavy atom. The van der Waals surface area contributed by atoms with Crippen LogP contribution in [-0.4, -0.2) is 11.0 Å². The molecule has 116 valence electrons. The number of carbonyl (C=O) groups is 1. The van der Waals surface area contributed by atoms with Crippen LogP contribution in [0.1, 0.15) is 18.5 Å². The SMILES string of the molecule is C[C@@H](NC(=O)Nc1ccc2c(=O)[nH]ccc2c1)c1ccccc1. The summed E-state index contributed by atoms with van der Waals surface area (Å²) < 4.78 is 0. The van der Waals surface area contributed by atoms with Gasteiger partial charge in [-0.2, -0.15) is 0 Å². The van der Waals surface area contributed by atoms with Crippen LogP contribution in [0.15, 0.2) is 65.6 Å². The molecule has 0 unspecified atom stereocenters. The first-order chi connectivity index (χ1) is 11.1. The zero-order chi connectivity index (χ0) is 16.2. The summed E-state index contributed by atoms with van der Waals surface area (Å²) in [5.41, 5.74) is 1.53. The van der Waals surface area contributed by atoms with E-state index < -0.39 is 0 Å². The minimum atomic E-state index is -0.287. The van der Waals surface area contributed by atoms with Gasteiger partial charge in [0.05, 0.1) is 6.04 Å². The molecule has 5 heteroatoms. The van der Waals surface area contributed by atoms with E-state index in [1.807, 2.05) is 37.3 Å². The molecule has 0 spiro atoms. The molecular weight excluding hydrogens is 290 g/mol. The smallest absolute Gasteiger partial charge is 0.319 e. The van der Waals surface area contributed by atoms with Gasteiger partial charge in [0.25, 0.3) is 5.56 Å². The van der Waals surface area contributed by atoms with Crippen molar-refractivity contribution in [2.24, 2.45) is 0 Å². The van der Waals surface area contributed by atoms with E-state index in [0.717, 1.165) is 10.9 Å². The van der Waals surface area contributed by atoms with Crippen LogP contribution < -0.4 is 16.2 Å². The predicted octanol–water partition coefficient (Wildman–Crippen LogP) is 3.41. The van der Waals surface area contributed by atoms with Crippen molar-refractivity contribution in [1.82, 2.24) is 10.3 Å². The van der Waals surface area contributed by atoms with Crippen LogP contribution in [0, 0.1) is 0 Å². The molecule has 0 aliphatic rings. The number of pyridine rings is 1. The standard InChI is InChI=1S/C18H17N3O2/c1-12(13-5-3-2-4-6-13)20-18(23)21-15-7-8-16-14(11-15)9-10-19-17(16)22/h2-12H,1H3,(H,19,22)(H2,20,21,23)/t12-/m1/s1. The number of H-pyrrole nitrogens is 1. The summed E-state index contributed by atoms with van der Waals surface area (Å²) in [5.74, 6) is 0. The first-order valence-electron chi connectivity index (χ1n) is 7.37. The molecule has 1 atom stereocenters. The summed E-state index contributed by atoms with van der Waals surface area (Å²) in [7, 11) is 0. The normalized spacial score (nSPS) is 11.9. The highest BCUT2D eigenvalue weighted by Crippen LogP contribution is 2.16. The van der Waals surface area contributed by atoms with Gasteiger partial charge in [-0.15, -0.1) is 0 Å². The van der Waals surface area contributed by atoms with Crippen LogP contribution in [0.4, 0.5) is 10.5 Å². The molecule has 5 nitrogen and oxygen atoms in total. The minimum Gasteiger partial charge on any atom is -0.331 e. The Hall–Kier alpha value is -3.08. The van der Waals surface area contributed by atoms with Crippen molar-refractivity contribution in [2.75, 3.05) is 5.32 Å². The largest absolute Gasteiger partial charge is 0.331 e. The van der Waals surface area contributed by atoms with Gasteiger partial charge in [0.1, 0.15) is 0 Å². The lowest BCUT2D eigenvalue weighted by molar-refractivity contribution is 0.249. The topological polar surface area (TPSA) is 74.0 Å². The highest BCUT2D eigenvalue weighted by Gasteiger charge is 2.09.